The van der Waals surface area contributed by atoms with Gasteiger partial charge in [0.15, 0.2) is 5.69 Å². The molecule has 2 N–H and O–H groups in total. The molecule has 0 unspecified atom stereocenters. The van der Waals surface area contributed by atoms with Gasteiger partial charge in [-0.15, -0.1) is 4.65 Å². The number of nitrogens with one attached hydrogen (secondary N) is 1. The van der Waals surface area contributed by atoms with E-state index in [-0.39, 0.29) is 27.5 Å². The maximum Gasteiger partial charge on any atom is 0.410 e. The highest BCUT2D eigenvalue weighted by molar-refractivity contribution is 7.91. The Bertz CT molecular complexity index is 1240. The van der Waals surface area contributed by atoms with E-state index in [1.807, 2.05) is 20.8 Å². The number of fused-ring (bicyclic) bond motifs is 1. The molecule has 0 aliphatic carbocycles. The van der Waals surface area contributed by atoms with Crippen molar-refractivity contribution in [1.29, 1.82) is 0 Å². The molecule has 1 aliphatic rings. The zero-order valence-corrected chi connectivity index (χ0v) is 19.2. The van der Waals surface area contributed by atoms with Gasteiger partial charge in [0.2, 0.25) is 9.84 Å². The van der Waals surface area contributed by atoms with Crippen molar-refractivity contribution in [2.45, 2.75) is 36.2 Å². The van der Waals surface area contributed by atoms with Crippen molar-refractivity contribution in [3.63, 3.8) is 0 Å². The van der Waals surface area contributed by atoms with Gasteiger partial charge < -0.3 is 9.72 Å². The fourth-order valence-corrected chi connectivity index (χ4v) is 5.30. The highest BCUT2D eigenvalue weighted by atomic mass is 32.2. The first-order valence-electron chi connectivity index (χ1n) is 10.5. The number of carbonyl (C=O) groups is 1. The Labute approximate surface area is 187 Å². The highest BCUT2D eigenvalue weighted by Crippen LogP contribution is 2.33. The number of hydrogen-bond acceptors (Lipinski definition) is 5. The van der Waals surface area contributed by atoms with Gasteiger partial charge in [0, 0.05) is 29.2 Å². The summed E-state index contributed by atoms with van der Waals surface area (Å²) in [6.07, 6.45) is 1.08. The molecule has 3 aromatic rings. The number of aromatic amines is 1. The lowest BCUT2D eigenvalue weighted by Crippen LogP contribution is -2.60. The Morgan fingerprint density at radius 1 is 1.09 bits per heavy atom. The first-order chi connectivity index (χ1) is 15.0. The average Bonchev–Trinajstić information content (AvgIpc) is 3.18. The molecule has 0 radical (unpaired) electrons. The van der Waals surface area contributed by atoms with Crippen molar-refractivity contribution in [2.75, 3.05) is 26.2 Å². The van der Waals surface area contributed by atoms with Gasteiger partial charge in [-0.3, -0.25) is 4.90 Å². The zero-order chi connectivity index (χ0) is 23.1. The number of nitrogens with zero attached hydrogens (tertiary/aromatic N) is 2. The highest BCUT2D eigenvalue weighted by Gasteiger charge is 2.38. The minimum absolute atomic E-state index is 0.166. The predicted octanol–water partition coefficient (Wildman–Crippen LogP) is 3.95. The largest absolute Gasteiger partial charge is 0.444 e. The predicted molar refractivity (Wildman–Crippen MR) is 121 cm³/mol. The van der Waals surface area contributed by atoms with E-state index in [2.05, 4.69) is 4.98 Å². The van der Waals surface area contributed by atoms with Gasteiger partial charge in [-0.1, -0.05) is 18.2 Å². The summed E-state index contributed by atoms with van der Waals surface area (Å²) in [5.41, 5.74) is 0.660. The van der Waals surface area contributed by atoms with E-state index in [1.54, 1.807) is 53.4 Å². The molecule has 1 aliphatic heterocycles. The third-order valence-corrected chi connectivity index (χ3v) is 7.39. The van der Waals surface area contributed by atoms with Gasteiger partial charge in [0.05, 0.1) is 22.9 Å². The standard InChI is InChI=1S/C23H28N3O5S/c1-23(2,3)31-22(27)25-11-13-26(28,14-12-25)17-9-10-20-19(15-17)21(16-24-20)32(29,30)18-7-5-4-6-8-18/h4-10,15-16,24,28H,11-14H2,1-3H3/q+1. The molecular weight excluding hydrogens is 430 g/mol. The fourth-order valence-electron chi connectivity index (χ4n) is 3.85. The molecule has 0 bridgehead atoms. The quantitative estimate of drug-likeness (QED) is 0.579. The molecule has 1 fully saturated rings. The van der Waals surface area contributed by atoms with Crippen LogP contribution in [0.3, 0.4) is 0 Å². The molecule has 4 rings (SSSR count). The summed E-state index contributed by atoms with van der Waals surface area (Å²) < 4.78 is 31.4. The molecule has 2 heterocycles. The number of hydrogen-bond donors (Lipinski definition) is 2. The number of hydroxylamine groups is 2. The Balaban J connectivity index is 1.61. The van der Waals surface area contributed by atoms with Crippen molar-refractivity contribution in [2.24, 2.45) is 0 Å². The topological polar surface area (TPSA) is 99.7 Å². The first kappa shape index (κ1) is 22.3. The third-order valence-electron chi connectivity index (χ3n) is 5.58. The number of quaternary nitrogens is 1. The van der Waals surface area contributed by atoms with Crippen LogP contribution in [0, 0.1) is 0 Å². The van der Waals surface area contributed by atoms with Crippen LogP contribution in [-0.2, 0) is 14.6 Å². The maximum atomic E-state index is 13.2. The van der Waals surface area contributed by atoms with Crippen LogP contribution in [0.4, 0.5) is 10.5 Å². The molecule has 2 aromatic carbocycles. The Morgan fingerprint density at radius 2 is 1.75 bits per heavy atom. The van der Waals surface area contributed by atoms with Crippen LogP contribution in [0.2, 0.25) is 0 Å². The monoisotopic (exact) mass is 458 g/mol. The van der Waals surface area contributed by atoms with Gasteiger partial charge in [-0.05, 0) is 39.0 Å². The number of sulfone groups is 1. The number of H-pyrrole nitrogens is 1. The first-order valence-corrected chi connectivity index (χ1v) is 12.0. The number of benzene rings is 2. The van der Waals surface area contributed by atoms with Crippen LogP contribution in [0.15, 0.2) is 64.5 Å². The zero-order valence-electron chi connectivity index (χ0n) is 18.4. The summed E-state index contributed by atoms with van der Waals surface area (Å²) in [5, 5.41) is 11.8. The second-order valence-electron chi connectivity index (χ2n) is 9.04. The van der Waals surface area contributed by atoms with Crippen LogP contribution < -0.4 is 4.65 Å². The van der Waals surface area contributed by atoms with E-state index in [1.165, 1.54) is 6.20 Å². The molecule has 1 saturated heterocycles. The van der Waals surface area contributed by atoms with Gasteiger partial charge in [-0.25, -0.2) is 18.4 Å². The molecule has 32 heavy (non-hydrogen) atoms. The average molecular weight is 459 g/mol. The van der Waals surface area contributed by atoms with Crippen molar-refractivity contribution >= 4 is 32.5 Å². The summed E-state index contributed by atoms with van der Waals surface area (Å²) in [4.78, 5) is 17.3. The molecule has 9 heteroatoms. The number of amides is 1. The van der Waals surface area contributed by atoms with E-state index in [4.69, 9.17) is 4.74 Å². The lowest BCUT2D eigenvalue weighted by atomic mass is 10.2. The lowest BCUT2D eigenvalue weighted by molar-refractivity contribution is -0.106. The summed E-state index contributed by atoms with van der Waals surface area (Å²) in [7, 11) is -3.72. The molecule has 8 nitrogen and oxygen atoms in total. The van der Waals surface area contributed by atoms with Gasteiger partial charge in [0.1, 0.15) is 18.7 Å². The smallest absolute Gasteiger partial charge is 0.410 e. The minimum atomic E-state index is -3.72. The summed E-state index contributed by atoms with van der Waals surface area (Å²) in [6, 6.07) is 13.5. The minimum Gasteiger partial charge on any atom is -0.444 e. The summed E-state index contributed by atoms with van der Waals surface area (Å²) in [5.74, 6) is 0. The van der Waals surface area contributed by atoms with Crippen LogP contribution in [0.5, 0.6) is 0 Å². The second-order valence-corrected chi connectivity index (χ2v) is 11.0. The van der Waals surface area contributed by atoms with Gasteiger partial charge in [-0.2, -0.15) is 0 Å². The van der Waals surface area contributed by atoms with Crippen LogP contribution in [-0.4, -0.2) is 61.4 Å². The van der Waals surface area contributed by atoms with Crippen molar-refractivity contribution in [3.8, 4) is 0 Å². The van der Waals surface area contributed by atoms with Crippen molar-refractivity contribution in [1.82, 2.24) is 14.5 Å². The Morgan fingerprint density at radius 3 is 2.38 bits per heavy atom. The lowest BCUT2D eigenvalue weighted by Gasteiger charge is -2.38. The molecule has 0 spiro atoms. The van der Waals surface area contributed by atoms with E-state index in [0.717, 1.165) is 0 Å². The van der Waals surface area contributed by atoms with Crippen LogP contribution in [0.1, 0.15) is 20.8 Å². The van der Waals surface area contributed by atoms with Crippen LogP contribution in [0.25, 0.3) is 10.9 Å². The SMILES string of the molecule is CC(C)(C)OC(=O)N1CC[N+](O)(c2ccc3[nH]cc(S(=O)(=O)c4ccccc4)c3c2)CC1. The van der Waals surface area contributed by atoms with E-state index in [9.17, 15) is 18.4 Å². The number of ether oxygens (including phenoxy) is 1. The van der Waals surface area contributed by atoms with E-state index >= 15 is 0 Å². The van der Waals surface area contributed by atoms with E-state index < -0.39 is 21.5 Å². The number of carbonyl (C=O) groups excluding carboxylic acids is 1. The Hall–Kier alpha value is -2.88. The van der Waals surface area contributed by atoms with Crippen LogP contribution >= 0.6 is 0 Å². The molecule has 1 amide bonds. The molecule has 0 atom stereocenters. The Kier molecular flexibility index (Phi) is 5.52. The number of aromatic nitrogens is 1. The maximum absolute atomic E-state index is 13.2. The normalized spacial score (nSPS) is 16.8. The second kappa shape index (κ2) is 7.91. The van der Waals surface area contributed by atoms with Gasteiger partial charge in [0.25, 0.3) is 0 Å². The molecular formula is C23H28N3O5S+. The fraction of sp³-hybridized carbons (Fsp3) is 0.348. The molecule has 0 saturated carbocycles. The van der Waals surface area contributed by atoms with Crippen molar-refractivity contribution < 1.29 is 23.2 Å². The number of rotatable bonds is 3. The number of piperazine rings is 1. The van der Waals surface area contributed by atoms with Crippen molar-refractivity contribution in [3.05, 3.63) is 54.7 Å². The summed E-state index contributed by atoms with van der Waals surface area (Å²) in [6.45, 7) is 6.64. The molecule has 1 aromatic heterocycles. The third kappa shape index (κ3) is 4.23. The van der Waals surface area contributed by atoms with Gasteiger partial charge >= 0.3 is 6.09 Å². The summed E-state index contributed by atoms with van der Waals surface area (Å²) >= 11 is 0. The molecule has 170 valence electrons. The van der Waals surface area contributed by atoms with E-state index in [0.29, 0.717) is 29.7 Å².